The van der Waals surface area contributed by atoms with Gasteiger partial charge in [0, 0.05) is 38.3 Å². The first kappa shape index (κ1) is 22.5. The number of amides is 2. The summed E-state index contributed by atoms with van der Waals surface area (Å²) in [6.45, 7) is 3.77. The quantitative estimate of drug-likeness (QED) is 0.513. The molecule has 1 atom stereocenters. The van der Waals surface area contributed by atoms with Crippen LogP contribution in [0.4, 0.5) is 10.1 Å². The second-order valence-corrected chi connectivity index (χ2v) is 9.27. The summed E-state index contributed by atoms with van der Waals surface area (Å²) in [7, 11) is 0. The highest BCUT2D eigenvalue weighted by atomic mass is 19.1. The van der Waals surface area contributed by atoms with Gasteiger partial charge in [0.1, 0.15) is 12.4 Å². The number of anilines is 1. The zero-order valence-corrected chi connectivity index (χ0v) is 19.7. The molecule has 2 amide bonds. The normalized spacial score (nSPS) is 19.5. The Morgan fingerprint density at radius 1 is 0.833 bits per heavy atom. The van der Waals surface area contributed by atoms with Gasteiger partial charge in [0.05, 0.1) is 23.4 Å². The molecular weight excluding hydrogens is 461 g/mol. The molecule has 7 nitrogen and oxygen atoms in total. The minimum atomic E-state index is -0.438. The van der Waals surface area contributed by atoms with Crippen molar-refractivity contribution in [3.8, 4) is 11.5 Å². The van der Waals surface area contributed by atoms with Crippen LogP contribution >= 0.6 is 0 Å². The lowest BCUT2D eigenvalue weighted by Gasteiger charge is -2.36. The Morgan fingerprint density at radius 3 is 2.39 bits per heavy atom. The lowest BCUT2D eigenvalue weighted by Crippen LogP contribution is -2.46. The maximum Gasteiger partial charge on any atom is 0.263 e. The molecule has 1 fully saturated rings. The Balaban J connectivity index is 1.15. The van der Waals surface area contributed by atoms with E-state index in [0.717, 1.165) is 18.8 Å². The van der Waals surface area contributed by atoms with Crippen molar-refractivity contribution in [3.63, 3.8) is 0 Å². The van der Waals surface area contributed by atoms with Gasteiger partial charge < -0.3 is 14.4 Å². The number of halogens is 1. The molecule has 184 valence electrons. The topological polar surface area (TPSA) is 62.3 Å². The smallest absolute Gasteiger partial charge is 0.263 e. The number of imide groups is 1. The van der Waals surface area contributed by atoms with E-state index in [1.807, 2.05) is 48.5 Å². The van der Waals surface area contributed by atoms with E-state index in [4.69, 9.17) is 9.47 Å². The number of fused-ring (bicyclic) bond motifs is 2. The Labute approximate surface area is 208 Å². The molecule has 6 rings (SSSR count). The maximum absolute atomic E-state index is 14.1. The van der Waals surface area contributed by atoms with Crippen LogP contribution in [-0.2, 0) is 6.54 Å². The summed E-state index contributed by atoms with van der Waals surface area (Å²) in [5.74, 6) is 0.465. The Bertz CT molecular complexity index is 1320. The van der Waals surface area contributed by atoms with Crippen LogP contribution in [0.1, 0.15) is 26.3 Å². The predicted octanol–water partition coefficient (Wildman–Crippen LogP) is 3.58. The molecule has 0 spiro atoms. The number of ether oxygens (including phenoxy) is 2. The maximum atomic E-state index is 14.1. The Morgan fingerprint density at radius 2 is 1.58 bits per heavy atom. The van der Waals surface area contributed by atoms with Gasteiger partial charge in [0.15, 0.2) is 17.6 Å². The number of para-hydroxylation sites is 2. The van der Waals surface area contributed by atoms with Crippen molar-refractivity contribution in [2.45, 2.75) is 12.6 Å². The third-order valence-corrected chi connectivity index (χ3v) is 7.00. The zero-order valence-electron chi connectivity index (χ0n) is 19.7. The highest BCUT2D eigenvalue weighted by Crippen LogP contribution is 2.35. The summed E-state index contributed by atoms with van der Waals surface area (Å²) in [5, 5.41) is 0. The van der Waals surface area contributed by atoms with Gasteiger partial charge in [-0.1, -0.05) is 36.4 Å². The molecule has 0 bridgehead atoms. The van der Waals surface area contributed by atoms with Gasteiger partial charge >= 0.3 is 0 Å². The predicted molar refractivity (Wildman–Crippen MR) is 132 cm³/mol. The van der Waals surface area contributed by atoms with Crippen LogP contribution in [0.3, 0.4) is 0 Å². The molecule has 3 aromatic carbocycles. The fourth-order valence-corrected chi connectivity index (χ4v) is 5.12. The summed E-state index contributed by atoms with van der Waals surface area (Å²) in [6, 6.07) is 19.6. The van der Waals surface area contributed by atoms with Gasteiger partial charge in [0.2, 0.25) is 0 Å². The molecular formula is C28H26FN3O4. The lowest BCUT2D eigenvalue weighted by atomic mass is 10.1. The summed E-state index contributed by atoms with van der Waals surface area (Å²) >= 11 is 0. The lowest BCUT2D eigenvalue weighted by molar-refractivity contribution is 0.0430. The van der Waals surface area contributed by atoms with Crippen molar-refractivity contribution < 1.29 is 23.5 Å². The summed E-state index contributed by atoms with van der Waals surface area (Å²) in [6.07, 6.45) is -0.438. The van der Waals surface area contributed by atoms with Crippen LogP contribution in [-0.4, -0.2) is 67.0 Å². The van der Waals surface area contributed by atoms with Crippen molar-refractivity contribution in [1.29, 1.82) is 0 Å². The van der Waals surface area contributed by atoms with E-state index >= 15 is 0 Å². The minimum absolute atomic E-state index is 0.122. The number of nitrogens with zero attached hydrogens (tertiary/aromatic N) is 3. The summed E-state index contributed by atoms with van der Waals surface area (Å²) < 4.78 is 25.8. The summed E-state index contributed by atoms with van der Waals surface area (Å²) in [5.41, 5.74) is 2.31. The number of benzene rings is 3. The highest BCUT2D eigenvalue weighted by molar-refractivity contribution is 6.23. The molecule has 0 N–H and O–H groups in total. The van der Waals surface area contributed by atoms with Crippen molar-refractivity contribution in [1.82, 2.24) is 9.80 Å². The van der Waals surface area contributed by atoms with E-state index in [1.54, 1.807) is 12.1 Å². The molecule has 3 aliphatic rings. The molecule has 0 unspecified atom stereocenters. The molecule has 3 aromatic rings. The van der Waals surface area contributed by atoms with Crippen molar-refractivity contribution >= 4 is 17.5 Å². The molecule has 3 heterocycles. The first-order chi connectivity index (χ1) is 17.6. The monoisotopic (exact) mass is 487 g/mol. The van der Waals surface area contributed by atoms with Crippen molar-refractivity contribution in [2.75, 3.05) is 44.2 Å². The molecule has 0 aromatic heterocycles. The summed E-state index contributed by atoms with van der Waals surface area (Å²) in [4.78, 5) is 32.3. The van der Waals surface area contributed by atoms with Crippen LogP contribution < -0.4 is 14.4 Å². The van der Waals surface area contributed by atoms with Gasteiger partial charge in [-0.2, -0.15) is 0 Å². The number of piperazine rings is 1. The van der Waals surface area contributed by atoms with E-state index in [0.29, 0.717) is 47.8 Å². The third-order valence-electron chi connectivity index (χ3n) is 7.00. The standard InChI is InChI=1S/C28H26FN3O4/c29-22-8-2-1-6-19(22)16-30-12-14-31(15-13-30)23-9-5-7-21-26(23)28(34)32(27(21)33)17-20-18-35-24-10-3-4-11-25(24)36-20/h1-11,20H,12-18H2/t20-/m1/s1. The molecule has 0 radical (unpaired) electrons. The molecule has 36 heavy (non-hydrogen) atoms. The number of carbonyl (C=O) groups is 2. The van der Waals surface area contributed by atoms with Gasteiger partial charge in [-0.15, -0.1) is 0 Å². The van der Waals surface area contributed by atoms with E-state index in [2.05, 4.69) is 9.80 Å². The molecule has 0 saturated carbocycles. The fraction of sp³-hybridized carbons (Fsp3) is 0.286. The number of hydrogen-bond acceptors (Lipinski definition) is 6. The SMILES string of the molecule is O=C1c2cccc(N3CCN(Cc4ccccc4F)CC3)c2C(=O)N1C[C@@H]1COc2ccccc2O1. The fourth-order valence-electron chi connectivity index (χ4n) is 5.12. The molecule has 0 aliphatic carbocycles. The largest absolute Gasteiger partial charge is 0.486 e. The van der Waals surface area contributed by atoms with E-state index in [-0.39, 0.29) is 30.8 Å². The van der Waals surface area contributed by atoms with Crippen LogP contribution in [0.5, 0.6) is 11.5 Å². The van der Waals surface area contributed by atoms with E-state index in [1.165, 1.54) is 11.0 Å². The van der Waals surface area contributed by atoms with Crippen LogP contribution in [0.25, 0.3) is 0 Å². The number of rotatable bonds is 5. The average molecular weight is 488 g/mol. The first-order valence-corrected chi connectivity index (χ1v) is 12.2. The zero-order chi connectivity index (χ0) is 24.6. The van der Waals surface area contributed by atoms with Gasteiger partial charge in [-0.05, 0) is 30.3 Å². The van der Waals surface area contributed by atoms with Crippen molar-refractivity contribution in [3.05, 3.63) is 89.2 Å². The van der Waals surface area contributed by atoms with Gasteiger partial charge in [0.25, 0.3) is 11.8 Å². The van der Waals surface area contributed by atoms with Gasteiger partial charge in [-0.3, -0.25) is 19.4 Å². The van der Waals surface area contributed by atoms with Crippen molar-refractivity contribution in [2.24, 2.45) is 0 Å². The minimum Gasteiger partial charge on any atom is -0.486 e. The number of hydrogen-bond donors (Lipinski definition) is 0. The second-order valence-electron chi connectivity index (χ2n) is 9.27. The second kappa shape index (κ2) is 9.28. The van der Waals surface area contributed by atoms with E-state index < -0.39 is 6.10 Å². The first-order valence-electron chi connectivity index (χ1n) is 12.2. The van der Waals surface area contributed by atoms with E-state index in [9.17, 15) is 14.0 Å². The third kappa shape index (κ3) is 4.07. The average Bonchev–Trinajstić information content (AvgIpc) is 3.15. The van der Waals surface area contributed by atoms with Crippen LogP contribution in [0, 0.1) is 5.82 Å². The number of carbonyl (C=O) groups excluding carboxylic acids is 2. The Hall–Kier alpha value is -3.91. The molecule has 3 aliphatic heterocycles. The van der Waals surface area contributed by atoms with Crippen LogP contribution in [0.2, 0.25) is 0 Å². The molecule has 1 saturated heterocycles. The molecule has 8 heteroatoms. The Kier molecular flexibility index (Phi) is 5.81. The highest BCUT2D eigenvalue weighted by Gasteiger charge is 2.40. The van der Waals surface area contributed by atoms with Gasteiger partial charge in [-0.25, -0.2) is 4.39 Å². The van der Waals surface area contributed by atoms with Crippen LogP contribution in [0.15, 0.2) is 66.7 Å².